The number of carboxylic acids is 2. The average Bonchev–Trinajstić information content (AvgIpc) is 2.79. The number of rotatable bonds is 12. The van der Waals surface area contributed by atoms with E-state index in [2.05, 4.69) is 15.6 Å². The van der Waals surface area contributed by atoms with Crippen LogP contribution in [0.1, 0.15) is 32.1 Å². The molecule has 0 aliphatic heterocycles. The van der Waals surface area contributed by atoms with Crippen LogP contribution in [0.4, 0.5) is 10.6 Å². The first-order valence-corrected chi connectivity index (χ1v) is 10.6. The van der Waals surface area contributed by atoms with E-state index < -0.39 is 31.1 Å². The van der Waals surface area contributed by atoms with Gasteiger partial charge in [0.05, 0.1) is 5.52 Å². The molecule has 2 rings (SSSR count). The standard InChI is InChI=1S/C21H27BN4O8/c1-26(17-10-7-13-12-14(22(33)34)8-9-15(13)24-17)18(27)5-2-4-16(20(30)31)25-21(32)23-11-3-6-19(28)29/h7-10,12,16,33-34H,2-6,11H2,1H3,(H,28,29)(H,30,31)(H2,23,25,32)/t16-/m0/s1. The third-order valence-corrected chi connectivity index (χ3v) is 5.05. The molecule has 0 saturated heterocycles. The maximum absolute atomic E-state index is 12.6. The first-order valence-electron chi connectivity index (χ1n) is 10.6. The summed E-state index contributed by atoms with van der Waals surface area (Å²) in [5, 5.41) is 41.8. The van der Waals surface area contributed by atoms with E-state index in [4.69, 9.17) is 5.11 Å². The zero-order chi connectivity index (χ0) is 25.3. The van der Waals surface area contributed by atoms with Gasteiger partial charge in [0.2, 0.25) is 5.91 Å². The fourth-order valence-electron chi connectivity index (χ4n) is 3.14. The largest absolute Gasteiger partial charge is 0.488 e. The zero-order valence-electron chi connectivity index (χ0n) is 18.6. The summed E-state index contributed by atoms with van der Waals surface area (Å²) in [6, 6.07) is 6.11. The van der Waals surface area contributed by atoms with Gasteiger partial charge in [0.1, 0.15) is 11.9 Å². The number of fused-ring (bicyclic) bond motifs is 1. The number of carbonyl (C=O) groups is 4. The van der Waals surface area contributed by atoms with Gasteiger partial charge in [-0.3, -0.25) is 14.5 Å². The van der Waals surface area contributed by atoms with Crippen LogP contribution in [0.2, 0.25) is 0 Å². The summed E-state index contributed by atoms with van der Waals surface area (Å²) in [6.45, 7) is 0.0917. The fraction of sp³-hybridized carbons (Fsp3) is 0.381. The van der Waals surface area contributed by atoms with Crippen molar-refractivity contribution in [1.29, 1.82) is 0 Å². The highest BCUT2D eigenvalue weighted by atomic mass is 16.4. The molecule has 13 heteroatoms. The number of carbonyl (C=O) groups excluding carboxylic acids is 2. The average molecular weight is 474 g/mol. The molecule has 182 valence electrons. The van der Waals surface area contributed by atoms with E-state index >= 15 is 0 Å². The topological polar surface area (TPSA) is 189 Å². The van der Waals surface area contributed by atoms with Crippen molar-refractivity contribution in [2.24, 2.45) is 0 Å². The van der Waals surface area contributed by atoms with Gasteiger partial charge < -0.3 is 30.9 Å². The lowest BCUT2D eigenvalue weighted by Gasteiger charge is -2.18. The Hall–Kier alpha value is -3.71. The minimum absolute atomic E-state index is 0.0227. The van der Waals surface area contributed by atoms with Crippen molar-refractivity contribution in [2.75, 3.05) is 18.5 Å². The molecule has 0 aliphatic carbocycles. The number of hydrogen-bond donors (Lipinski definition) is 6. The lowest BCUT2D eigenvalue weighted by Crippen LogP contribution is -2.46. The third-order valence-electron chi connectivity index (χ3n) is 5.05. The smallest absolute Gasteiger partial charge is 0.481 e. The van der Waals surface area contributed by atoms with Gasteiger partial charge in [-0.1, -0.05) is 12.1 Å². The Kier molecular flexibility index (Phi) is 9.77. The van der Waals surface area contributed by atoms with Crippen LogP contribution in [-0.2, 0) is 14.4 Å². The molecule has 0 aliphatic rings. The molecule has 1 heterocycles. The minimum atomic E-state index is -1.60. The van der Waals surface area contributed by atoms with Crippen LogP contribution in [0.5, 0.6) is 0 Å². The normalized spacial score (nSPS) is 11.5. The number of nitrogens with zero attached hydrogens (tertiary/aromatic N) is 2. The van der Waals surface area contributed by atoms with E-state index in [0.29, 0.717) is 22.2 Å². The van der Waals surface area contributed by atoms with E-state index in [0.717, 1.165) is 0 Å². The first kappa shape index (κ1) is 26.5. The van der Waals surface area contributed by atoms with Crippen molar-refractivity contribution in [3.63, 3.8) is 0 Å². The lowest BCUT2D eigenvalue weighted by molar-refractivity contribution is -0.139. The van der Waals surface area contributed by atoms with Gasteiger partial charge >= 0.3 is 25.1 Å². The molecule has 1 aromatic heterocycles. The second-order valence-corrected chi connectivity index (χ2v) is 7.63. The van der Waals surface area contributed by atoms with Crippen LogP contribution in [0.15, 0.2) is 30.3 Å². The van der Waals surface area contributed by atoms with E-state index in [1.54, 1.807) is 31.3 Å². The molecule has 0 unspecified atom stereocenters. The molecule has 6 N–H and O–H groups in total. The number of carboxylic acid groups (broad SMARTS) is 2. The van der Waals surface area contributed by atoms with Crippen LogP contribution in [0.25, 0.3) is 10.9 Å². The van der Waals surface area contributed by atoms with Gasteiger partial charge in [-0.25, -0.2) is 14.6 Å². The maximum Gasteiger partial charge on any atom is 0.488 e. The molecule has 0 radical (unpaired) electrons. The summed E-state index contributed by atoms with van der Waals surface area (Å²) in [5.74, 6) is -2.15. The summed E-state index contributed by atoms with van der Waals surface area (Å²) in [5.41, 5.74) is 0.882. The van der Waals surface area contributed by atoms with E-state index in [9.17, 15) is 34.3 Å². The summed E-state index contributed by atoms with van der Waals surface area (Å²) < 4.78 is 0. The number of benzene rings is 1. The molecule has 2 aromatic rings. The number of aliphatic carboxylic acids is 2. The van der Waals surface area contributed by atoms with E-state index in [1.807, 2.05) is 0 Å². The summed E-state index contributed by atoms with van der Waals surface area (Å²) >= 11 is 0. The highest BCUT2D eigenvalue weighted by Gasteiger charge is 2.21. The van der Waals surface area contributed by atoms with Gasteiger partial charge in [0.25, 0.3) is 0 Å². The molecular weight excluding hydrogens is 447 g/mol. The van der Waals surface area contributed by atoms with Crippen molar-refractivity contribution in [1.82, 2.24) is 15.6 Å². The zero-order valence-corrected chi connectivity index (χ0v) is 18.6. The Morgan fingerprint density at radius 1 is 1.06 bits per heavy atom. The predicted molar refractivity (Wildman–Crippen MR) is 124 cm³/mol. The second-order valence-electron chi connectivity index (χ2n) is 7.63. The number of aromatic nitrogens is 1. The highest BCUT2D eigenvalue weighted by Crippen LogP contribution is 2.18. The Bertz CT molecular complexity index is 1050. The summed E-state index contributed by atoms with van der Waals surface area (Å²) in [7, 11) is -0.0553. The van der Waals surface area contributed by atoms with Gasteiger partial charge in [0, 0.05) is 26.4 Å². The molecule has 0 fully saturated rings. The van der Waals surface area contributed by atoms with Gasteiger partial charge in [-0.15, -0.1) is 0 Å². The second kappa shape index (κ2) is 12.5. The number of pyridine rings is 1. The highest BCUT2D eigenvalue weighted by molar-refractivity contribution is 6.58. The van der Waals surface area contributed by atoms with Crippen LogP contribution in [0.3, 0.4) is 0 Å². The van der Waals surface area contributed by atoms with Crippen molar-refractivity contribution >= 4 is 53.2 Å². The third kappa shape index (κ3) is 8.01. The lowest BCUT2D eigenvalue weighted by atomic mass is 9.80. The van der Waals surface area contributed by atoms with Crippen LogP contribution < -0.4 is 21.0 Å². The van der Waals surface area contributed by atoms with Gasteiger partial charge in [0.15, 0.2) is 0 Å². The van der Waals surface area contributed by atoms with Crippen molar-refractivity contribution in [2.45, 2.75) is 38.1 Å². The molecule has 1 aromatic carbocycles. The predicted octanol–water partition coefficient (Wildman–Crippen LogP) is -0.335. The Balaban J connectivity index is 1.87. The van der Waals surface area contributed by atoms with Crippen molar-refractivity contribution in [3.8, 4) is 0 Å². The molecule has 0 bridgehead atoms. The first-order chi connectivity index (χ1) is 16.1. The molecule has 3 amide bonds. The van der Waals surface area contributed by atoms with Crippen molar-refractivity contribution in [3.05, 3.63) is 30.3 Å². The van der Waals surface area contributed by atoms with Crippen LogP contribution in [0, 0.1) is 0 Å². The number of anilines is 1. The van der Waals surface area contributed by atoms with Crippen LogP contribution in [-0.4, -0.2) is 75.9 Å². The van der Waals surface area contributed by atoms with E-state index in [1.165, 1.54) is 11.0 Å². The number of hydrogen-bond acceptors (Lipinski definition) is 7. The van der Waals surface area contributed by atoms with Gasteiger partial charge in [-0.2, -0.15) is 0 Å². The molecule has 0 spiro atoms. The van der Waals surface area contributed by atoms with Gasteiger partial charge in [-0.05, 0) is 48.3 Å². The number of urea groups is 1. The summed E-state index contributed by atoms with van der Waals surface area (Å²) in [6.07, 6.45) is 0.350. The minimum Gasteiger partial charge on any atom is -0.481 e. The Labute approximate surface area is 195 Å². The number of nitrogens with one attached hydrogen (secondary N) is 2. The Morgan fingerprint density at radius 2 is 1.79 bits per heavy atom. The molecule has 0 saturated carbocycles. The quantitative estimate of drug-likeness (QED) is 0.177. The van der Waals surface area contributed by atoms with E-state index in [-0.39, 0.29) is 44.6 Å². The van der Waals surface area contributed by atoms with Crippen LogP contribution >= 0.6 is 0 Å². The molecule has 12 nitrogen and oxygen atoms in total. The molecule has 34 heavy (non-hydrogen) atoms. The number of amides is 3. The maximum atomic E-state index is 12.6. The monoisotopic (exact) mass is 474 g/mol. The summed E-state index contributed by atoms with van der Waals surface area (Å²) in [4.78, 5) is 52.0. The Morgan fingerprint density at radius 3 is 2.44 bits per heavy atom. The fourth-order valence-corrected chi connectivity index (χ4v) is 3.14. The SMILES string of the molecule is CN(C(=O)CCC[C@H](NC(=O)NCCCC(=O)O)C(=O)O)c1ccc2cc(B(O)O)ccc2n1. The molecule has 1 atom stereocenters. The molecular formula is C21H27BN4O8. The van der Waals surface area contributed by atoms with Crippen molar-refractivity contribution < 1.29 is 39.4 Å².